The number of amides is 4. The summed E-state index contributed by atoms with van der Waals surface area (Å²) in [6.45, 7) is 4.96. The fourth-order valence-corrected chi connectivity index (χ4v) is 4.70. The maximum Gasteiger partial charge on any atom is 0.338 e. The van der Waals surface area contributed by atoms with Gasteiger partial charge < -0.3 is 15.0 Å². The number of hydrogen-bond acceptors (Lipinski definition) is 6. The fourth-order valence-electron chi connectivity index (χ4n) is 4.70. The van der Waals surface area contributed by atoms with Gasteiger partial charge in [-0.05, 0) is 75.6 Å². The molecular formula is C26H27N3O6. The molecule has 2 heterocycles. The van der Waals surface area contributed by atoms with Crippen LogP contribution in [0.4, 0.5) is 11.4 Å². The summed E-state index contributed by atoms with van der Waals surface area (Å²) in [6.07, 6.45) is 2.89. The van der Waals surface area contributed by atoms with Crippen LogP contribution in [0.15, 0.2) is 42.5 Å². The summed E-state index contributed by atoms with van der Waals surface area (Å²) in [7, 11) is 0. The van der Waals surface area contributed by atoms with E-state index in [9.17, 15) is 24.0 Å². The minimum absolute atomic E-state index is 0.0833. The average molecular weight is 478 g/mol. The molecule has 1 N–H and O–H groups in total. The Bertz CT molecular complexity index is 1200. The highest BCUT2D eigenvalue weighted by atomic mass is 16.5. The van der Waals surface area contributed by atoms with E-state index < -0.39 is 17.8 Å². The molecule has 2 aromatic carbocycles. The number of carbonyl (C=O) groups excluding carboxylic acids is 5. The van der Waals surface area contributed by atoms with Crippen LogP contribution >= 0.6 is 0 Å². The molecule has 0 bridgehead atoms. The number of benzene rings is 2. The van der Waals surface area contributed by atoms with Gasteiger partial charge in [0, 0.05) is 24.7 Å². The lowest BCUT2D eigenvalue weighted by Gasteiger charge is -2.38. The van der Waals surface area contributed by atoms with E-state index in [0.717, 1.165) is 24.2 Å². The molecule has 1 saturated heterocycles. The summed E-state index contributed by atoms with van der Waals surface area (Å²) < 4.78 is 5.24. The molecule has 0 saturated carbocycles. The van der Waals surface area contributed by atoms with Crippen LogP contribution in [0.1, 0.15) is 71.1 Å². The van der Waals surface area contributed by atoms with Crippen molar-refractivity contribution in [3.63, 3.8) is 0 Å². The number of anilines is 2. The van der Waals surface area contributed by atoms with Crippen molar-refractivity contribution in [3.05, 3.63) is 59.2 Å². The minimum Gasteiger partial charge on any atom is -0.452 e. The summed E-state index contributed by atoms with van der Waals surface area (Å²) in [4.78, 5) is 65.1. The summed E-state index contributed by atoms with van der Waals surface area (Å²) in [5.74, 6) is -2.31. The number of nitrogens with one attached hydrogen (secondary N) is 1. The minimum atomic E-state index is -0.739. The van der Waals surface area contributed by atoms with Gasteiger partial charge in [-0.3, -0.25) is 19.2 Å². The lowest BCUT2D eigenvalue weighted by Crippen LogP contribution is -2.49. The molecule has 35 heavy (non-hydrogen) atoms. The number of nitrogens with zero attached hydrogens (tertiary/aromatic N) is 2. The van der Waals surface area contributed by atoms with Gasteiger partial charge in [0.25, 0.3) is 17.7 Å². The first-order valence-electron chi connectivity index (χ1n) is 11.6. The number of fused-ring (bicyclic) bond motifs is 1. The first-order chi connectivity index (χ1) is 16.7. The van der Waals surface area contributed by atoms with Crippen LogP contribution in [0, 0.1) is 0 Å². The number of imide groups is 1. The zero-order chi connectivity index (χ0) is 25.3. The highest BCUT2D eigenvalue weighted by Crippen LogP contribution is 2.30. The van der Waals surface area contributed by atoms with E-state index in [4.69, 9.17) is 4.74 Å². The summed E-state index contributed by atoms with van der Waals surface area (Å²) in [6, 6.07) is 10.6. The number of piperidine rings is 1. The molecule has 0 spiro atoms. The Morgan fingerprint density at radius 1 is 0.943 bits per heavy atom. The average Bonchev–Trinajstić information content (AvgIpc) is 3.07. The van der Waals surface area contributed by atoms with Crippen LogP contribution in [0.25, 0.3) is 0 Å². The molecule has 0 aliphatic carbocycles. The van der Waals surface area contributed by atoms with Crippen LogP contribution < -0.4 is 10.2 Å². The van der Waals surface area contributed by atoms with Gasteiger partial charge in [-0.15, -0.1) is 0 Å². The van der Waals surface area contributed by atoms with Crippen molar-refractivity contribution in [2.24, 2.45) is 0 Å². The van der Waals surface area contributed by atoms with E-state index in [1.807, 2.05) is 13.8 Å². The lowest BCUT2D eigenvalue weighted by atomic mass is 9.97. The van der Waals surface area contributed by atoms with Crippen LogP contribution in [-0.2, 0) is 14.3 Å². The van der Waals surface area contributed by atoms with Gasteiger partial charge in [0.2, 0.25) is 5.91 Å². The topological polar surface area (TPSA) is 113 Å². The van der Waals surface area contributed by atoms with Gasteiger partial charge in [0.15, 0.2) is 6.61 Å². The Labute approximate surface area is 203 Å². The first kappa shape index (κ1) is 24.1. The van der Waals surface area contributed by atoms with Crippen molar-refractivity contribution in [1.82, 2.24) is 4.90 Å². The second kappa shape index (κ2) is 9.69. The normalized spacial score (nSPS) is 19.4. The zero-order valence-electron chi connectivity index (χ0n) is 19.9. The lowest BCUT2D eigenvalue weighted by molar-refractivity contribution is -0.140. The van der Waals surface area contributed by atoms with Gasteiger partial charge in [-0.25, -0.2) is 9.69 Å². The number of esters is 1. The van der Waals surface area contributed by atoms with Gasteiger partial charge in [-0.1, -0.05) is 0 Å². The molecular weight excluding hydrogens is 450 g/mol. The van der Waals surface area contributed by atoms with Crippen molar-refractivity contribution in [1.29, 1.82) is 0 Å². The molecule has 0 aromatic heterocycles. The van der Waals surface area contributed by atoms with Crippen molar-refractivity contribution in [3.8, 4) is 0 Å². The third-order valence-electron chi connectivity index (χ3n) is 6.38. The Morgan fingerprint density at radius 3 is 2.20 bits per heavy atom. The van der Waals surface area contributed by atoms with Gasteiger partial charge in [-0.2, -0.15) is 0 Å². The molecule has 0 radical (unpaired) electrons. The second-order valence-corrected chi connectivity index (χ2v) is 8.94. The molecule has 2 aliphatic heterocycles. The second-order valence-electron chi connectivity index (χ2n) is 8.94. The van der Waals surface area contributed by atoms with E-state index in [0.29, 0.717) is 11.4 Å². The predicted molar refractivity (Wildman–Crippen MR) is 128 cm³/mol. The molecule has 4 rings (SSSR count). The number of rotatable bonds is 5. The van der Waals surface area contributed by atoms with Crippen molar-refractivity contribution in [2.45, 2.75) is 52.1 Å². The van der Waals surface area contributed by atoms with Crippen LogP contribution in [-0.4, -0.2) is 53.2 Å². The molecule has 4 amide bonds. The van der Waals surface area contributed by atoms with E-state index in [2.05, 4.69) is 5.32 Å². The molecule has 2 atom stereocenters. The molecule has 1 fully saturated rings. The largest absolute Gasteiger partial charge is 0.452 e. The summed E-state index contributed by atoms with van der Waals surface area (Å²) >= 11 is 0. The maximum atomic E-state index is 13.0. The van der Waals surface area contributed by atoms with Crippen LogP contribution in [0.5, 0.6) is 0 Å². The van der Waals surface area contributed by atoms with Gasteiger partial charge >= 0.3 is 5.97 Å². The number of ether oxygens (including phenoxy) is 1. The Morgan fingerprint density at radius 2 is 1.57 bits per heavy atom. The first-order valence-corrected chi connectivity index (χ1v) is 11.6. The van der Waals surface area contributed by atoms with Crippen LogP contribution in [0.3, 0.4) is 0 Å². The van der Waals surface area contributed by atoms with E-state index >= 15 is 0 Å². The summed E-state index contributed by atoms with van der Waals surface area (Å²) in [5, 5.41) is 2.62. The Kier molecular flexibility index (Phi) is 6.68. The standard InChI is InChI=1S/C26H27N3O6/c1-15-5-4-6-16(2)28(15)23(31)14-35-26(34)18-7-12-21-22(13-18)25(33)29(24(21)32)20-10-8-19(9-11-20)27-17(3)30/h7-13,15-16H,4-6,14H2,1-3H3,(H,27,30)/t15-,16+. The molecule has 0 unspecified atom stereocenters. The number of likely N-dealkylation sites (tertiary alicyclic amines) is 1. The van der Waals surface area contributed by atoms with Gasteiger partial charge in [0.05, 0.1) is 22.4 Å². The van der Waals surface area contributed by atoms with Crippen molar-refractivity contribution < 1.29 is 28.7 Å². The Balaban J connectivity index is 1.46. The maximum absolute atomic E-state index is 13.0. The van der Waals surface area contributed by atoms with Gasteiger partial charge in [0.1, 0.15) is 0 Å². The zero-order valence-corrected chi connectivity index (χ0v) is 19.9. The monoisotopic (exact) mass is 477 g/mol. The Hall–Kier alpha value is -4.01. The quantitative estimate of drug-likeness (QED) is 0.522. The molecule has 9 nitrogen and oxygen atoms in total. The molecule has 9 heteroatoms. The number of carbonyl (C=O) groups is 5. The highest BCUT2D eigenvalue weighted by molar-refractivity contribution is 6.34. The third kappa shape index (κ3) is 4.80. The van der Waals surface area contributed by atoms with E-state index in [1.54, 1.807) is 29.2 Å². The smallest absolute Gasteiger partial charge is 0.338 e. The predicted octanol–water partition coefficient (Wildman–Crippen LogP) is 3.39. The molecule has 2 aromatic rings. The van der Waals surface area contributed by atoms with E-state index in [1.165, 1.54) is 25.1 Å². The van der Waals surface area contributed by atoms with E-state index in [-0.39, 0.29) is 47.2 Å². The highest BCUT2D eigenvalue weighted by Gasteiger charge is 2.37. The van der Waals surface area contributed by atoms with Crippen molar-refractivity contribution in [2.75, 3.05) is 16.8 Å². The molecule has 2 aliphatic rings. The SMILES string of the molecule is CC(=O)Nc1ccc(N2C(=O)c3ccc(C(=O)OCC(=O)N4[C@H](C)CCC[C@@H]4C)cc3C2=O)cc1. The third-order valence-corrected chi connectivity index (χ3v) is 6.38. The fraction of sp³-hybridized carbons (Fsp3) is 0.346. The number of hydrogen-bond donors (Lipinski definition) is 1. The molecule has 182 valence electrons. The van der Waals surface area contributed by atoms with Crippen LogP contribution in [0.2, 0.25) is 0 Å². The summed E-state index contributed by atoms with van der Waals surface area (Å²) in [5.41, 5.74) is 1.21. The van der Waals surface area contributed by atoms with Crippen molar-refractivity contribution >= 4 is 41.0 Å².